The summed E-state index contributed by atoms with van der Waals surface area (Å²) in [5.74, 6) is 0.261. The van der Waals surface area contributed by atoms with Gasteiger partial charge in [-0.2, -0.15) is 0 Å². The summed E-state index contributed by atoms with van der Waals surface area (Å²) in [5.41, 5.74) is 0. The molecule has 13 heavy (non-hydrogen) atoms. The van der Waals surface area contributed by atoms with E-state index >= 15 is 0 Å². The van der Waals surface area contributed by atoms with Gasteiger partial charge in [0, 0.05) is 19.5 Å². The average Bonchev–Trinajstić information content (AvgIpc) is 2.04. The molecule has 0 aliphatic rings. The Hall–Kier alpha value is -0.890. The fourth-order valence-corrected chi connectivity index (χ4v) is 1.17. The predicted molar refractivity (Wildman–Crippen MR) is 56.7 cm³/mol. The highest BCUT2D eigenvalue weighted by Crippen LogP contribution is 1.96. The second-order valence-electron chi connectivity index (χ2n) is 3.14. The number of hydrogen-bond acceptors (Lipinski definition) is 2. The molecular weight excluding hydrogens is 162 g/mol. The molecule has 0 N–H and O–H groups in total. The lowest BCUT2D eigenvalue weighted by molar-refractivity contribution is -0.117. The molecular formula is C11H19NO. The lowest BCUT2D eigenvalue weighted by Gasteiger charge is -2.17. The zero-order valence-corrected chi connectivity index (χ0v) is 8.46. The Morgan fingerprint density at radius 1 is 1.31 bits per heavy atom. The van der Waals surface area contributed by atoms with Crippen LogP contribution in [0, 0.1) is 0 Å². The maximum Gasteiger partial charge on any atom is 0.129 e. The minimum absolute atomic E-state index is 0.261. The number of carbonyl (C=O) groups is 1. The van der Waals surface area contributed by atoms with Crippen molar-refractivity contribution < 1.29 is 4.79 Å². The zero-order valence-electron chi connectivity index (χ0n) is 8.46. The number of Topliss-reactive ketones (excluding diaryl/α,β-unsaturated/α-hetero) is 1. The molecule has 0 aliphatic heterocycles. The van der Waals surface area contributed by atoms with E-state index < -0.39 is 0 Å². The fraction of sp³-hybridized carbons (Fsp3) is 0.545. The summed E-state index contributed by atoms with van der Waals surface area (Å²) in [6.45, 7) is 11.7. The second-order valence-corrected chi connectivity index (χ2v) is 3.14. The van der Waals surface area contributed by atoms with Crippen molar-refractivity contribution in [2.45, 2.75) is 19.8 Å². The van der Waals surface area contributed by atoms with Gasteiger partial charge in [-0.1, -0.05) is 12.2 Å². The number of hydrogen-bond donors (Lipinski definition) is 0. The maximum absolute atomic E-state index is 10.7. The van der Waals surface area contributed by atoms with Crippen molar-refractivity contribution >= 4 is 5.78 Å². The van der Waals surface area contributed by atoms with Crippen LogP contribution in [0.5, 0.6) is 0 Å². The van der Waals surface area contributed by atoms with Gasteiger partial charge in [-0.3, -0.25) is 4.90 Å². The van der Waals surface area contributed by atoms with Crippen molar-refractivity contribution in [1.82, 2.24) is 4.90 Å². The van der Waals surface area contributed by atoms with Crippen LogP contribution in [0.3, 0.4) is 0 Å². The molecule has 0 aliphatic carbocycles. The fourth-order valence-electron chi connectivity index (χ4n) is 1.17. The number of carbonyl (C=O) groups excluding carboxylic acids is 1. The van der Waals surface area contributed by atoms with Crippen LogP contribution in [0.2, 0.25) is 0 Å². The summed E-state index contributed by atoms with van der Waals surface area (Å²) < 4.78 is 0. The molecule has 2 nitrogen and oxygen atoms in total. The quantitative estimate of drug-likeness (QED) is 0.534. The topological polar surface area (TPSA) is 20.3 Å². The lowest BCUT2D eigenvalue weighted by atomic mass is 10.2. The third-order valence-electron chi connectivity index (χ3n) is 1.78. The molecule has 0 saturated carbocycles. The molecule has 0 saturated heterocycles. The van der Waals surface area contributed by atoms with E-state index in [1.165, 1.54) is 0 Å². The normalized spacial score (nSPS) is 10.0. The van der Waals surface area contributed by atoms with Crippen LogP contribution in [0.4, 0.5) is 0 Å². The first kappa shape index (κ1) is 12.1. The van der Waals surface area contributed by atoms with Gasteiger partial charge in [0.05, 0.1) is 0 Å². The van der Waals surface area contributed by atoms with Gasteiger partial charge in [0.15, 0.2) is 0 Å². The van der Waals surface area contributed by atoms with E-state index in [0.717, 1.165) is 26.1 Å². The first-order chi connectivity index (χ1) is 6.20. The van der Waals surface area contributed by atoms with Gasteiger partial charge in [0.25, 0.3) is 0 Å². The van der Waals surface area contributed by atoms with Crippen molar-refractivity contribution in [2.75, 3.05) is 19.6 Å². The molecule has 0 aromatic carbocycles. The summed E-state index contributed by atoms with van der Waals surface area (Å²) in [4.78, 5) is 12.9. The van der Waals surface area contributed by atoms with Crippen LogP contribution >= 0.6 is 0 Å². The van der Waals surface area contributed by atoms with Crippen LogP contribution < -0.4 is 0 Å². The van der Waals surface area contributed by atoms with Crippen molar-refractivity contribution in [1.29, 1.82) is 0 Å². The number of rotatable bonds is 8. The molecule has 0 heterocycles. The van der Waals surface area contributed by atoms with E-state index in [0.29, 0.717) is 6.42 Å². The van der Waals surface area contributed by atoms with Crippen LogP contribution in [0.15, 0.2) is 25.3 Å². The van der Waals surface area contributed by atoms with Gasteiger partial charge in [0.2, 0.25) is 0 Å². The largest absolute Gasteiger partial charge is 0.300 e. The number of nitrogens with zero attached hydrogens (tertiary/aromatic N) is 1. The summed E-state index contributed by atoms with van der Waals surface area (Å²) in [6.07, 6.45) is 5.34. The van der Waals surface area contributed by atoms with Crippen LogP contribution in [0.25, 0.3) is 0 Å². The van der Waals surface area contributed by atoms with Gasteiger partial charge >= 0.3 is 0 Å². The van der Waals surface area contributed by atoms with E-state index in [2.05, 4.69) is 18.1 Å². The highest BCUT2D eigenvalue weighted by atomic mass is 16.1. The predicted octanol–water partition coefficient (Wildman–Crippen LogP) is 2.03. The monoisotopic (exact) mass is 181 g/mol. The van der Waals surface area contributed by atoms with Crippen molar-refractivity contribution in [3.05, 3.63) is 25.3 Å². The van der Waals surface area contributed by atoms with Crippen LogP contribution in [-0.2, 0) is 4.79 Å². The van der Waals surface area contributed by atoms with Gasteiger partial charge < -0.3 is 4.79 Å². The first-order valence-electron chi connectivity index (χ1n) is 4.64. The molecule has 0 spiro atoms. The summed E-state index contributed by atoms with van der Waals surface area (Å²) in [7, 11) is 0. The molecule has 2 heteroatoms. The van der Waals surface area contributed by atoms with E-state index in [4.69, 9.17) is 0 Å². The smallest absolute Gasteiger partial charge is 0.129 e. The van der Waals surface area contributed by atoms with E-state index in [9.17, 15) is 4.79 Å². The Balaban J connectivity index is 3.60. The lowest BCUT2D eigenvalue weighted by Crippen LogP contribution is -2.25. The Kier molecular flexibility index (Phi) is 7.21. The average molecular weight is 181 g/mol. The molecule has 0 fully saturated rings. The Morgan fingerprint density at radius 3 is 2.23 bits per heavy atom. The molecule has 0 atom stereocenters. The third kappa shape index (κ3) is 7.47. The molecule has 0 amide bonds. The molecule has 0 aromatic rings. The Labute approximate surface area is 80.9 Å². The van der Waals surface area contributed by atoms with Crippen molar-refractivity contribution in [3.63, 3.8) is 0 Å². The van der Waals surface area contributed by atoms with E-state index in [1.807, 2.05) is 12.2 Å². The Bertz CT molecular complexity index is 165. The standard InChI is InChI=1S/C11H19NO/c1-4-8-12(9-5-2)10-6-7-11(3)13/h4-5H,1-2,6-10H2,3H3. The minimum atomic E-state index is 0.261. The van der Waals surface area contributed by atoms with E-state index in [-0.39, 0.29) is 5.78 Å². The third-order valence-corrected chi connectivity index (χ3v) is 1.78. The number of ketones is 1. The van der Waals surface area contributed by atoms with Crippen LogP contribution in [0.1, 0.15) is 19.8 Å². The molecule has 0 rings (SSSR count). The molecule has 0 radical (unpaired) electrons. The summed E-state index contributed by atoms with van der Waals surface area (Å²) in [6, 6.07) is 0. The highest BCUT2D eigenvalue weighted by molar-refractivity contribution is 5.75. The summed E-state index contributed by atoms with van der Waals surface area (Å²) in [5, 5.41) is 0. The van der Waals surface area contributed by atoms with Crippen LogP contribution in [-0.4, -0.2) is 30.3 Å². The molecule has 0 bridgehead atoms. The molecule has 0 unspecified atom stereocenters. The molecule has 0 aromatic heterocycles. The SMILES string of the molecule is C=CCN(CC=C)CCCC(C)=O. The van der Waals surface area contributed by atoms with Crippen molar-refractivity contribution in [3.8, 4) is 0 Å². The minimum Gasteiger partial charge on any atom is -0.300 e. The Morgan fingerprint density at radius 2 is 1.85 bits per heavy atom. The van der Waals surface area contributed by atoms with Gasteiger partial charge in [-0.25, -0.2) is 0 Å². The van der Waals surface area contributed by atoms with Gasteiger partial charge in [-0.15, -0.1) is 13.2 Å². The summed E-state index contributed by atoms with van der Waals surface area (Å²) >= 11 is 0. The highest BCUT2D eigenvalue weighted by Gasteiger charge is 2.00. The van der Waals surface area contributed by atoms with E-state index in [1.54, 1.807) is 6.92 Å². The second kappa shape index (κ2) is 7.74. The first-order valence-corrected chi connectivity index (χ1v) is 4.64. The van der Waals surface area contributed by atoms with Gasteiger partial charge in [-0.05, 0) is 19.9 Å². The van der Waals surface area contributed by atoms with Gasteiger partial charge in [0.1, 0.15) is 5.78 Å². The zero-order chi connectivity index (χ0) is 10.1. The van der Waals surface area contributed by atoms with Crippen molar-refractivity contribution in [2.24, 2.45) is 0 Å². The maximum atomic E-state index is 10.7. The molecule has 74 valence electrons.